The Morgan fingerprint density at radius 2 is 1.77 bits per heavy atom. The summed E-state index contributed by atoms with van der Waals surface area (Å²) in [5.74, 6) is 0.446. The summed E-state index contributed by atoms with van der Waals surface area (Å²) in [6.45, 7) is -0.151. The quantitative estimate of drug-likeness (QED) is 0.679. The lowest BCUT2D eigenvalue weighted by atomic mass is 9.83. The summed E-state index contributed by atoms with van der Waals surface area (Å²) in [5.41, 5.74) is 2.30. The first-order valence-corrected chi connectivity index (χ1v) is 10.2. The van der Waals surface area contributed by atoms with Gasteiger partial charge in [0.05, 0.1) is 12.2 Å². The summed E-state index contributed by atoms with van der Waals surface area (Å²) in [7, 11) is 0. The second-order valence-corrected chi connectivity index (χ2v) is 7.72. The van der Waals surface area contributed by atoms with Gasteiger partial charge in [0, 0.05) is 30.3 Å². The van der Waals surface area contributed by atoms with Gasteiger partial charge < -0.3 is 20.1 Å². The van der Waals surface area contributed by atoms with Crippen LogP contribution in [0.2, 0.25) is 0 Å². The molecule has 4 atom stereocenters. The van der Waals surface area contributed by atoms with Crippen molar-refractivity contribution in [1.29, 1.82) is 0 Å². The molecule has 2 aromatic rings. The Morgan fingerprint density at radius 3 is 2.46 bits per heavy atom. The van der Waals surface area contributed by atoms with Crippen LogP contribution in [0.1, 0.15) is 24.0 Å². The average molecular weight is 375 g/mol. The first-order valence-electron chi connectivity index (χ1n) is 8.95. The molecule has 0 saturated heterocycles. The second kappa shape index (κ2) is 8.91. The minimum atomic E-state index is -0.884. The topological polar surface area (TPSA) is 69.9 Å². The highest BCUT2D eigenvalue weighted by molar-refractivity contribution is 7.98. The van der Waals surface area contributed by atoms with Crippen LogP contribution >= 0.6 is 11.8 Å². The van der Waals surface area contributed by atoms with Crippen molar-refractivity contribution >= 4 is 11.8 Å². The van der Waals surface area contributed by atoms with Crippen molar-refractivity contribution in [3.63, 3.8) is 0 Å². The molecule has 2 aromatic carbocycles. The first-order chi connectivity index (χ1) is 12.6. The fraction of sp³-hybridized carbons (Fsp3) is 0.429. The van der Waals surface area contributed by atoms with Crippen molar-refractivity contribution in [3.05, 3.63) is 59.7 Å². The minimum absolute atomic E-state index is 0.151. The monoisotopic (exact) mass is 374 g/mol. The van der Waals surface area contributed by atoms with Gasteiger partial charge in [-0.1, -0.05) is 30.3 Å². The molecule has 0 radical (unpaired) electrons. The molecule has 1 aliphatic carbocycles. The van der Waals surface area contributed by atoms with Gasteiger partial charge in [0.2, 0.25) is 0 Å². The van der Waals surface area contributed by atoms with E-state index in [0.717, 1.165) is 17.7 Å². The van der Waals surface area contributed by atoms with E-state index in [-0.39, 0.29) is 18.6 Å². The van der Waals surface area contributed by atoms with Gasteiger partial charge in [-0.3, -0.25) is 0 Å². The molecule has 0 aliphatic heterocycles. The Balaban J connectivity index is 1.72. The Hall–Kier alpha value is -1.53. The Kier molecular flexibility index (Phi) is 6.59. The standard InChI is InChI=1S/C21H26O4S/c1-26-18-8-6-14(7-9-18)10-15-4-2-3-5-20(15)25-17-11-16(13-22)21(24)19(23)12-17/h2-9,16-17,19,21-24H,10-13H2,1H3/t16-,17-,19-,21-/m1/s1. The largest absolute Gasteiger partial charge is 0.490 e. The van der Waals surface area contributed by atoms with Crippen LogP contribution in [0.4, 0.5) is 0 Å². The maximum absolute atomic E-state index is 10.0. The lowest BCUT2D eigenvalue weighted by Crippen LogP contribution is -2.46. The van der Waals surface area contributed by atoms with E-state index in [1.54, 1.807) is 11.8 Å². The molecule has 0 spiro atoms. The fourth-order valence-electron chi connectivity index (χ4n) is 3.48. The van der Waals surface area contributed by atoms with E-state index in [1.165, 1.54) is 10.5 Å². The van der Waals surface area contributed by atoms with Crippen LogP contribution in [0, 0.1) is 5.92 Å². The van der Waals surface area contributed by atoms with Crippen molar-refractivity contribution in [3.8, 4) is 5.75 Å². The molecule has 0 bridgehead atoms. The molecule has 1 saturated carbocycles. The van der Waals surface area contributed by atoms with Gasteiger partial charge >= 0.3 is 0 Å². The third kappa shape index (κ3) is 4.60. The number of ether oxygens (including phenoxy) is 1. The summed E-state index contributed by atoms with van der Waals surface area (Å²) in [6, 6.07) is 16.4. The fourth-order valence-corrected chi connectivity index (χ4v) is 3.89. The van der Waals surface area contributed by atoms with E-state index in [9.17, 15) is 15.3 Å². The predicted octanol–water partition coefficient (Wildman–Crippen LogP) is 2.87. The number of rotatable bonds is 6. The molecule has 1 fully saturated rings. The van der Waals surface area contributed by atoms with Gasteiger partial charge in [-0.2, -0.15) is 0 Å². The Bertz CT molecular complexity index is 703. The number of aliphatic hydroxyl groups excluding tert-OH is 3. The third-order valence-electron chi connectivity index (χ3n) is 5.00. The Morgan fingerprint density at radius 1 is 1.04 bits per heavy atom. The van der Waals surface area contributed by atoms with Gasteiger partial charge in [0.15, 0.2) is 0 Å². The van der Waals surface area contributed by atoms with Crippen LogP contribution in [0.5, 0.6) is 5.75 Å². The van der Waals surface area contributed by atoms with Crippen molar-refractivity contribution in [2.24, 2.45) is 5.92 Å². The van der Waals surface area contributed by atoms with E-state index < -0.39 is 12.2 Å². The molecule has 0 amide bonds. The molecular weight excluding hydrogens is 348 g/mol. The molecule has 140 valence electrons. The number of hydrogen-bond donors (Lipinski definition) is 3. The van der Waals surface area contributed by atoms with Crippen LogP contribution in [0.3, 0.4) is 0 Å². The van der Waals surface area contributed by atoms with E-state index in [1.807, 2.05) is 18.2 Å². The normalized spacial score (nSPS) is 25.8. The van der Waals surface area contributed by atoms with Crippen molar-refractivity contribution in [1.82, 2.24) is 0 Å². The van der Waals surface area contributed by atoms with Crippen LogP contribution < -0.4 is 4.74 Å². The van der Waals surface area contributed by atoms with Gasteiger partial charge in [0.25, 0.3) is 0 Å². The van der Waals surface area contributed by atoms with Gasteiger partial charge in [-0.05, 0) is 42.0 Å². The number of para-hydroxylation sites is 1. The molecule has 0 aromatic heterocycles. The van der Waals surface area contributed by atoms with Gasteiger partial charge in [-0.25, -0.2) is 0 Å². The summed E-state index contributed by atoms with van der Waals surface area (Å²) < 4.78 is 6.17. The highest BCUT2D eigenvalue weighted by Crippen LogP contribution is 2.31. The van der Waals surface area contributed by atoms with Crippen molar-refractivity contribution in [2.75, 3.05) is 12.9 Å². The van der Waals surface area contributed by atoms with Crippen LogP contribution in [0.15, 0.2) is 53.4 Å². The highest BCUT2D eigenvalue weighted by Gasteiger charge is 2.36. The van der Waals surface area contributed by atoms with E-state index in [2.05, 4.69) is 36.6 Å². The molecule has 1 aliphatic rings. The zero-order valence-electron chi connectivity index (χ0n) is 14.9. The zero-order valence-corrected chi connectivity index (χ0v) is 15.7. The number of thioether (sulfide) groups is 1. The smallest absolute Gasteiger partial charge is 0.123 e. The number of aliphatic hydroxyl groups is 3. The summed E-state index contributed by atoms with van der Waals surface area (Å²) in [5, 5.41) is 29.4. The summed E-state index contributed by atoms with van der Waals surface area (Å²) >= 11 is 1.72. The Labute approximate surface area is 158 Å². The molecule has 5 heteroatoms. The molecule has 4 nitrogen and oxygen atoms in total. The zero-order chi connectivity index (χ0) is 18.5. The van der Waals surface area contributed by atoms with E-state index in [0.29, 0.717) is 12.8 Å². The maximum atomic E-state index is 10.0. The second-order valence-electron chi connectivity index (χ2n) is 6.84. The number of benzene rings is 2. The number of hydrogen-bond acceptors (Lipinski definition) is 5. The first kappa shape index (κ1) is 19.2. The van der Waals surface area contributed by atoms with Crippen LogP contribution in [-0.2, 0) is 6.42 Å². The van der Waals surface area contributed by atoms with Crippen molar-refractivity contribution in [2.45, 2.75) is 42.5 Å². The molecular formula is C21H26O4S. The van der Waals surface area contributed by atoms with Gasteiger partial charge in [-0.15, -0.1) is 11.8 Å². The average Bonchev–Trinajstić information content (AvgIpc) is 2.66. The highest BCUT2D eigenvalue weighted by atomic mass is 32.2. The lowest BCUT2D eigenvalue weighted by Gasteiger charge is -2.36. The van der Waals surface area contributed by atoms with Crippen molar-refractivity contribution < 1.29 is 20.1 Å². The maximum Gasteiger partial charge on any atom is 0.123 e. The summed E-state index contributed by atoms with van der Waals surface area (Å²) in [4.78, 5) is 1.24. The predicted molar refractivity (Wildman–Crippen MR) is 104 cm³/mol. The molecule has 3 N–H and O–H groups in total. The minimum Gasteiger partial charge on any atom is -0.490 e. The molecule has 0 heterocycles. The van der Waals surface area contributed by atoms with Crippen LogP contribution in [0.25, 0.3) is 0 Å². The third-order valence-corrected chi connectivity index (χ3v) is 5.75. The molecule has 3 rings (SSSR count). The molecule has 0 unspecified atom stereocenters. The van der Waals surface area contributed by atoms with E-state index in [4.69, 9.17) is 4.74 Å². The SMILES string of the molecule is CSc1ccc(Cc2ccccc2O[C@@H]2C[C@H](CO)[C@@H](O)[C@H](O)C2)cc1. The van der Waals surface area contributed by atoms with Crippen LogP contribution in [-0.4, -0.2) is 46.5 Å². The summed E-state index contributed by atoms with van der Waals surface area (Å²) in [6.07, 6.45) is 1.77. The van der Waals surface area contributed by atoms with Gasteiger partial charge in [0.1, 0.15) is 11.9 Å². The lowest BCUT2D eigenvalue weighted by molar-refractivity contribution is -0.0892. The molecule has 26 heavy (non-hydrogen) atoms. The van der Waals surface area contributed by atoms with E-state index >= 15 is 0 Å².